The van der Waals surface area contributed by atoms with E-state index in [1.807, 2.05) is 306 Å². The van der Waals surface area contributed by atoms with Gasteiger partial charge in [-0.2, -0.15) is 11.8 Å². The SMILES string of the molecule is C.C.CC(C)(C)C(=O)NCc1cccc(C(=O)N2CCNCC2)c1.CC(C)(C)C(=O)NCc1cccc(C(=O)N2CCOCC2)c1.CC(C)(C)C(=O)NCc1cccc(C(=O)N2CCSCC2)c1.CC(C)(C)CN1CCN(C(=O)c2cccc(CNC(=O)C(C)(C)C)c2)CC1.CCCN1CCN(C(=O)c2cccc(CNC(=O)C(C)(C)C)c2)CC1.CN1CCN(C(=O)c2cccc(CNC(=O)C(C)(C)C)c2)CC1. The first-order valence-corrected chi connectivity index (χ1v) is 51.3. The van der Waals surface area contributed by atoms with Crippen molar-refractivity contribution in [1.29, 1.82) is 0 Å². The van der Waals surface area contributed by atoms with Crippen molar-refractivity contribution in [2.24, 2.45) is 37.9 Å². The van der Waals surface area contributed by atoms with E-state index in [1.54, 1.807) is 4.90 Å². The fourth-order valence-corrected chi connectivity index (χ4v) is 16.3. The summed E-state index contributed by atoms with van der Waals surface area (Å²) in [4.78, 5) is 166. The van der Waals surface area contributed by atoms with Crippen LogP contribution in [0.2, 0.25) is 0 Å². The molecule has 0 unspecified atom stereocenters. The first-order chi connectivity index (χ1) is 66.2. The van der Waals surface area contributed by atoms with Crippen LogP contribution in [0.3, 0.4) is 0 Å². The third-order valence-corrected chi connectivity index (χ3v) is 25.1. The maximum Gasteiger partial charge on any atom is 0.254 e. The Labute approximate surface area is 860 Å². The quantitative estimate of drug-likeness (QED) is 0.0352. The van der Waals surface area contributed by atoms with Crippen LogP contribution >= 0.6 is 11.8 Å². The maximum absolute atomic E-state index is 12.9. The average molecular weight is 2000 g/mol. The summed E-state index contributed by atoms with van der Waals surface area (Å²) >= 11 is 1.89. The van der Waals surface area contributed by atoms with E-state index in [0.717, 1.165) is 182 Å². The number of carbonyl (C=O) groups excluding carboxylic acids is 12. The van der Waals surface area contributed by atoms with Gasteiger partial charge in [-0.25, -0.2) is 0 Å². The molecule has 6 aromatic rings. The maximum atomic E-state index is 12.9. The Morgan fingerprint density at radius 1 is 0.294 bits per heavy atom. The van der Waals surface area contributed by atoms with Gasteiger partial charge in [-0.05, 0) is 132 Å². The molecule has 0 aromatic heterocycles. The highest BCUT2D eigenvalue weighted by Gasteiger charge is 2.32. The largest absolute Gasteiger partial charge is 0.378 e. The molecule has 0 bridgehead atoms. The fraction of sp³-hybridized carbons (Fsp3) is 0.575. The lowest BCUT2D eigenvalue weighted by molar-refractivity contribution is -0.129. The molecule has 6 fully saturated rings. The van der Waals surface area contributed by atoms with Crippen LogP contribution in [-0.4, -0.2) is 291 Å². The number of piperazine rings is 4. The van der Waals surface area contributed by atoms with Crippen molar-refractivity contribution in [2.75, 3.05) is 176 Å². The first kappa shape index (κ1) is 123. The number of nitrogens with one attached hydrogen (secondary N) is 7. The normalized spacial score (nSPS) is 15.6. The summed E-state index contributed by atoms with van der Waals surface area (Å²) < 4.78 is 5.26. The van der Waals surface area contributed by atoms with Crippen molar-refractivity contribution >= 4 is 82.6 Å². The Morgan fingerprint density at radius 2 is 0.510 bits per heavy atom. The Hall–Kier alpha value is -10.9. The topological polar surface area (TPSA) is 327 Å². The molecular weight excluding hydrogens is 1820 g/mol. The zero-order chi connectivity index (χ0) is 104. The number of amides is 12. The second kappa shape index (κ2) is 57.7. The van der Waals surface area contributed by atoms with Crippen LogP contribution in [0.25, 0.3) is 0 Å². The summed E-state index contributed by atoms with van der Waals surface area (Å²) in [6.07, 6.45) is 1.15. The molecule has 6 aromatic carbocycles. The highest BCUT2D eigenvalue weighted by molar-refractivity contribution is 7.99. The minimum atomic E-state index is -0.417. The number of carbonyl (C=O) groups is 12. The molecular formula is C113H174N16O13S. The van der Waals surface area contributed by atoms with Gasteiger partial charge >= 0.3 is 0 Å². The number of benzene rings is 6. The smallest absolute Gasteiger partial charge is 0.254 e. The number of thioether (sulfide) groups is 1. The predicted octanol–water partition coefficient (Wildman–Crippen LogP) is 14.4. The Morgan fingerprint density at radius 3 is 0.741 bits per heavy atom. The molecule has 6 aliphatic rings. The molecule has 0 radical (unpaired) electrons. The third-order valence-electron chi connectivity index (χ3n) is 24.2. The summed E-state index contributed by atoms with van der Waals surface area (Å²) in [5.41, 5.74) is 7.62. The lowest BCUT2D eigenvalue weighted by Crippen LogP contribution is -2.50. The van der Waals surface area contributed by atoms with Gasteiger partial charge in [0, 0.05) is 254 Å². The zero-order valence-electron chi connectivity index (χ0n) is 88.9. The summed E-state index contributed by atoms with van der Waals surface area (Å²) in [6.45, 7) is 65.0. The lowest BCUT2D eigenvalue weighted by Gasteiger charge is -2.37. The van der Waals surface area contributed by atoms with Crippen LogP contribution in [0, 0.1) is 37.9 Å². The Balaban J connectivity index is 0.000000302. The van der Waals surface area contributed by atoms with Crippen molar-refractivity contribution in [3.05, 3.63) is 212 Å². The standard InChI is InChI=1S/C22H35N3O2.C20H31N3O2.C18H27N3O2.C17H25N3O2.C17H24N2O3.C17H24N2O2S.2CH4/c1-21(2,3)16-24-10-12-25(13-11-24)19(26)18-9-7-8-17(14-18)15-23-20(27)22(4,5)6;1-5-9-22-10-12-23(13-11-22)18(24)17-8-6-7-16(14-17)15-21-19(25)20(2,3)4;1-18(2,3)17(23)19-13-14-6-5-7-15(12-14)16(22)21-10-8-20(4)9-11-21;1-17(2,3)16(22)19-12-13-5-4-6-14(11-13)15(21)20-9-7-18-8-10-20;2*1-17(2,3)16(21)18-12-13-5-4-6-14(11-13)15(20)19-7-9-22-10-8-19;;/h7-9,14H,10-13,15-16H2,1-6H3,(H,23,27);6-8,14H,5,9-13,15H2,1-4H3,(H,21,25);5-7,12H,8-11,13H2,1-4H3,(H,19,23);4-6,11,18H,7-10,12H2,1-3H3,(H,19,22);2*4-6,11H,7-10,12H2,1-3H3,(H,18,21);2*1H4. The van der Waals surface area contributed by atoms with Crippen molar-refractivity contribution in [3.63, 3.8) is 0 Å². The molecule has 0 aliphatic carbocycles. The van der Waals surface area contributed by atoms with Crippen LogP contribution in [-0.2, 0) is 72.8 Å². The number of hydrogen-bond acceptors (Lipinski definition) is 18. The van der Waals surface area contributed by atoms with E-state index in [9.17, 15) is 57.5 Å². The molecule has 12 rings (SSSR count). The van der Waals surface area contributed by atoms with Gasteiger partial charge < -0.3 is 76.3 Å². The molecule has 0 saturated carbocycles. The number of ether oxygens (including phenoxy) is 1. The van der Waals surface area contributed by atoms with E-state index in [1.165, 1.54) is 0 Å². The van der Waals surface area contributed by atoms with E-state index < -0.39 is 32.5 Å². The molecule has 790 valence electrons. The molecule has 6 aliphatic heterocycles. The van der Waals surface area contributed by atoms with Crippen LogP contribution in [0.5, 0.6) is 0 Å². The summed E-state index contributed by atoms with van der Waals surface area (Å²) in [5, 5.41) is 20.8. The second-order valence-corrected chi connectivity index (χ2v) is 45.7. The van der Waals surface area contributed by atoms with Crippen LogP contribution < -0.4 is 37.2 Å². The van der Waals surface area contributed by atoms with Gasteiger partial charge in [0.05, 0.1) is 13.2 Å². The number of hydrogen-bond donors (Lipinski definition) is 7. The average Bonchev–Trinajstić information content (AvgIpc) is 0.815. The molecule has 0 atom stereocenters. The third kappa shape index (κ3) is 43.1. The monoisotopic (exact) mass is 2000 g/mol. The zero-order valence-corrected chi connectivity index (χ0v) is 89.7. The van der Waals surface area contributed by atoms with Crippen molar-refractivity contribution in [2.45, 2.75) is 213 Å². The molecule has 0 spiro atoms. The van der Waals surface area contributed by atoms with E-state index >= 15 is 0 Å². The molecule has 12 amide bonds. The number of morpholine rings is 1. The van der Waals surface area contributed by atoms with Crippen LogP contribution in [0.15, 0.2) is 146 Å². The number of nitrogens with zero attached hydrogens (tertiary/aromatic N) is 9. The second-order valence-electron chi connectivity index (χ2n) is 44.5. The van der Waals surface area contributed by atoms with E-state index in [0.29, 0.717) is 99.0 Å². The minimum Gasteiger partial charge on any atom is -0.378 e. The van der Waals surface area contributed by atoms with Gasteiger partial charge in [-0.3, -0.25) is 67.3 Å². The van der Waals surface area contributed by atoms with Crippen LogP contribution in [0.1, 0.15) is 269 Å². The van der Waals surface area contributed by atoms with Crippen LogP contribution in [0.4, 0.5) is 0 Å². The number of likely N-dealkylation sites (N-methyl/N-ethyl adjacent to an activating group) is 1. The highest BCUT2D eigenvalue weighted by Crippen LogP contribution is 2.25. The van der Waals surface area contributed by atoms with Gasteiger partial charge in [-0.15, -0.1) is 0 Å². The minimum absolute atomic E-state index is 0. The Bertz CT molecular complexity index is 4850. The molecule has 29 nitrogen and oxygen atoms in total. The highest BCUT2D eigenvalue weighted by atomic mass is 32.2. The molecule has 7 N–H and O–H groups in total. The Kier molecular flexibility index (Phi) is 49.5. The summed E-state index contributed by atoms with van der Waals surface area (Å²) in [7, 11) is 2.07. The molecule has 143 heavy (non-hydrogen) atoms. The van der Waals surface area contributed by atoms with Crippen molar-refractivity contribution in [1.82, 2.24) is 81.3 Å². The summed E-state index contributed by atoms with van der Waals surface area (Å²) in [5.74, 6) is 2.46. The summed E-state index contributed by atoms with van der Waals surface area (Å²) in [6, 6.07) is 45.2. The molecule has 30 heteroatoms. The van der Waals surface area contributed by atoms with Gasteiger partial charge in [0.25, 0.3) is 35.4 Å². The van der Waals surface area contributed by atoms with E-state index in [-0.39, 0.29) is 91.2 Å². The van der Waals surface area contributed by atoms with Crippen molar-refractivity contribution in [3.8, 4) is 0 Å². The first-order valence-electron chi connectivity index (χ1n) is 50.2. The predicted molar refractivity (Wildman–Crippen MR) is 576 cm³/mol. The van der Waals surface area contributed by atoms with Gasteiger partial charge in [-0.1, -0.05) is 240 Å². The van der Waals surface area contributed by atoms with Gasteiger partial charge in [0.2, 0.25) is 35.4 Å². The van der Waals surface area contributed by atoms with E-state index in [4.69, 9.17) is 4.74 Å². The number of rotatable bonds is 21. The van der Waals surface area contributed by atoms with Crippen molar-refractivity contribution < 1.29 is 62.3 Å². The lowest BCUT2D eigenvalue weighted by atomic mass is 9.95. The van der Waals surface area contributed by atoms with Gasteiger partial charge in [0.1, 0.15) is 0 Å². The molecule has 6 heterocycles. The van der Waals surface area contributed by atoms with Gasteiger partial charge in [0.15, 0.2) is 0 Å². The van der Waals surface area contributed by atoms with E-state index in [2.05, 4.69) is 86.7 Å². The fourth-order valence-electron chi connectivity index (χ4n) is 15.3. The molecule has 6 saturated heterocycles.